The molecule has 1 heterocycles. The van der Waals surface area contributed by atoms with Gasteiger partial charge in [0, 0.05) is 22.2 Å². The van der Waals surface area contributed by atoms with Crippen LogP contribution in [0.25, 0.3) is 0 Å². The number of benzene rings is 1. The van der Waals surface area contributed by atoms with Gasteiger partial charge >= 0.3 is 5.37 Å². The molecule has 2 atom stereocenters. The third kappa shape index (κ3) is 1.46. The molecule has 1 aromatic carbocycles. The molecule has 1 aliphatic heterocycles. The summed E-state index contributed by atoms with van der Waals surface area (Å²) in [6, 6.07) is 6.37. The molecular weight excluding hydrogens is 216 g/mol. The first kappa shape index (κ1) is 10.3. The van der Waals surface area contributed by atoms with Crippen molar-refractivity contribution in [2.45, 2.75) is 18.3 Å². The lowest BCUT2D eigenvalue weighted by Gasteiger charge is -2.00. The topological polar surface area (TPSA) is 80.2 Å². The molecule has 2 rings (SSSR count). The van der Waals surface area contributed by atoms with Crippen LogP contribution in [-0.4, -0.2) is 13.2 Å². The van der Waals surface area contributed by atoms with E-state index in [0.29, 0.717) is 10.3 Å². The number of sulfonamides is 1. The van der Waals surface area contributed by atoms with Crippen molar-refractivity contribution >= 4 is 10.0 Å². The number of hydrogen-bond donors (Lipinski definition) is 1. The lowest BCUT2D eigenvalue weighted by molar-refractivity contribution is -0.597. The monoisotopic (exact) mass is 227 g/mol. The molecule has 1 aliphatic rings. The molecule has 5 nitrogen and oxygen atoms in total. The molecule has 2 N–H and O–H groups in total. The average molecular weight is 227 g/mol. The molecule has 1 aromatic rings. The first-order valence-corrected chi connectivity index (χ1v) is 6.10. The number of nitroso groups, excluding NO2 is 1. The fourth-order valence-corrected chi connectivity index (χ4v) is 2.96. The third-order valence-electron chi connectivity index (χ3n) is 2.64. The number of fused-ring (bicyclic) bond motifs is 1. The quantitative estimate of drug-likeness (QED) is 0.721. The molecule has 0 fully saturated rings. The number of nitrogens with zero attached hydrogens (tertiary/aromatic N) is 1. The first-order chi connectivity index (χ1) is 6.93. The zero-order chi connectivity index (χ0) is 11.2. The van der Waals surface area contributed by atoms with E-state index in [2.05, 4.69) is 0 Å². The summed E-state index contributed by atoms with van der Waals surface area (Å²) in [4.78, 5) is 11.7. The van der Waals surface area contributed by atoms with Crippen LogP contribution in [0.2, 0.25) is 0 Å². The molecule has 2 unspecified atom stereocenters. The van der Waals surface area contributed by atoms with Crippen molar-refractivity contribution in [1.82, 2.24) is 0 Å². The van der Waals surface area contributed by atoms with Crippen molar-refractivity contribution < 1.29 is 13.2 Å². The average Bonchev–Trinajstić information content (AvgIpc) is 2.39. The van der Waals surface area contributed by atoms with Crippen molar-refractivity contribution in [2.75, 3.05) is 0 Å². The number of hydrogen-bond acceptors (Lipinski definition) is 3. The second kappa shape index (κ2) is 3.11. The Balaban J connectivity index is 2.67. The molecule has 0 aromatic heterocycles. The summed E-state index contributed by atoms with van der Waals surface area (Å²) < 4.78 is 23.1. The van der Waals surface area contributed by atoms with Gasteiger partial charge < -0.3 is 0 Å². The van der Waals surface area contributed by atoms with Crippen molar-refractivity contribution in [2.24, 2.45) is 5.14 Å². The van der Waals surface area contributed by atoms with E-state index in [-0.39, 0.29) is 0 Å². The van der Waals surface area contributed by atoms with E-state index in [1.165, 1.54) is 0 Å². The van der Waals surface area contributed by atoms with E-state index in [9.17, 15) is 13.3 Å². The van der Waals surface area contributed by atoms with Gasteiger partial charge in [-0.25, -0.2) is 13.6 Å². The molecular formula is C9H11N2O3S+. The molecule has 6 heteroatoms. The van der Waals surface area contributed by atoms with Gasteiger partial charge in [0.2, 0.25) is 6.04 Å². The molecule has 0 amide bonds. The van der Waals surface area contributed by atoms with Gasteiger partial charge in [-0.15, -0.1) is 0 Å². The van der Waals surface area contributed by atoms with Crippen LogP contribution in [0, 0.1) is 4.91 Å². The Morgan fingerprint density at radius 1 is 1.27 bits per heavy atom. The summed E-state index contributed by atoms with van der Waals surface area (Å²) in [5.74, 6) is 0. The number of nitrogens with two attached hydrogens (primary N) is 1. The Bertz CT molecular complexity index is 524. The number of primary sulfonamides is 1. The highest BCUT2D eigenvalue weighted by Gasteiger charge is 2.50. The molecule has 80 valence electrons. The van der Waals surface area contributed by atoms with Crippen LogP contribution in [-0.2, 0) is 10.0 Å². The van der Waals surface area contributed by atoms with Gasteiger partial charge in [0.1, 0.15) is 0 Å². The van der Waals surface area contributed by atoms with Crippen molar-refractivity contribution in [3.63, 3.8) is 0 Å². The fraction of sp³-hybridized carbons (Fsp3) is 0.333. The zero-order valence-electron chi connectivity index (χ0n) is 8.12. The van der Waals surface area contributed by atoms with Gasteiger partial charge in [0.15, 0.2) is 0 Å². The summed E-state index contributed by atoms with van der Waals surface area (Å²) >= 11 is 0. The molecule has 15 heavy (non-hydrogen) atoms. The summed E-state index contributed by atoms with van der Waals surface area (Å²) in [5, 5.41) is 3.78. The maximum atomic E-state index is 11.7. The minimum atomic E-state index is -3.88. The Kier molecular flexibility index (Phi) is 2.13. The van der Waals surface area contributed by atoms with Gasteiger partial charge in [-0.1, -0.05) is 24.3 Å². The van der Waals surface area contributed by atoms with E-state index in [0.717, 1.165) is 5.56 Å². The standard InChI is InChI=1S/C9H11N2O3S/c1-6-7-4-2-3-5-8(7)9(11(6)12)15(10,13)14/h2-6,9H,1H3,(H2,10,13,14)/q+1. The van der Waals surface area contributed by atoms with E-state index in [1.54, 1.807) is 31.2 Å². The number of rotatable bonds is 1. The predicted octanol–water partition coefficient (Wildman–Crippen LogP) is 0.827. The Labute approximate surface area is 87.5 Å². The van der Waals surface area contributed by atoms with Crippen LogP contribution < -0.4 is 5.14 Å². The normalized spacial score (nSPS) is 25.3. The molecule has 0 bridgehead atoms. The summed E-state index contributed by atoms with van der Waals surface area (Å²) in [7, 11) is -3.88. The SMILES string of the molecule is CC1c2ccccc2C(S(N)(=O)=O)[N+]1=O. The summed E-state index contributed by atoms with van der Waals surface area (Å²) in [6.07, 6.45) is 0. The van der Waals surface area contributed by atoms with Crippen molar-refractivity contribution in [1.29, 1.82) is 0 Å². The second-order valence-corrected chi connectivity index (χ2v) is 5.23. The molecule has 0 aliphatic carbocycles. The summed E-state index contributed by atoms with van der Waals surface area (Å²) in [5.41, 5.74) is 1.22. The van der Waals surface area contributed by atoms with Gasteiger partial charge in [-0.2, -0.15) is 0 Å². The van der Waals surface area contributed by atoms with Crippen LogP contribution >= 0.6 is 0 Å². The minimum absolute atomic E-state index is 0.468. The highest BCUT2D eigenvalue weighted by molar-refractivity contribution is 7.89. The smallest absolute Gasteiger partial charge is 0.222 e. The van der Waals surface area contributed by atoms with E-state index in [4.69, 9.17) is 5.14 Å². The van der Waals surface area contributed by atoms with Crippen LogP contribution in [0.4, 0.5) is 0 Å². The van der Waals surface area contributed by atoms with Gasteiger partial charge in [-0.3, -0.25) is 0 Å². The van der Waals surface area contributed by atoms with Crippen LogP contribution in [0.15, 0.2) is 24.3 Å². The minimum Gasteiger partial charge on any atom is -0.222 e. The van der Waals surface area contributed by atoms with Crippen molar-refractivity contribution in [3.8, 4) is 0 Å². The molecule has 0 spiro atoms. The third-order valence-corrected chi connectivity index (χ3v) is 3.72. The maximum Gasteiger partial charge on any atom is 0.338 e. The predicted molar refractivity (Wildman–Crippen MR) is 54.3 cm³/mol. The maximum absolute atomic E-state index is 11.7. The Hall–Kier alpha value is -1.27. The lowest BCUT2D eigenvalue weighted by Crippen LogP contribution is -2.26. The molecule has 0 saturated heterocycles. The summed E-state index contributed by atoms with van der Waals surface area (Å²) in [6.45, 7) is 1.66. The lowest BCUT2D eigenvalue weighted by atomic mass is 10.1. The zero-order valence-corrected chi connectivity index (χ0v) is 8.94. The van der Waals surface area contributed by atoms with Gasteiger partial charge in [0.05, 0.1) is 5.56 Å². The molecule has 0 saturated carbocycles. The van der Waals surface area contributed by atoms with Crippen molar-refractivity contribution in [3.05, 3.63) is 40.3 Å². The first-order valence-electron chi connectivity index (χ1n) is 4.49. The highest BCUT2D eigenvalue weighted by Crippen LogP contribution is 2.39. The van der Waals surface area contributed by atoms with E-state index < -0.39 is 21.4 Å². The highest BCUT2D eigenvalue weighted by atomic mass is 32.2. The van der Waals surface area contributed by atoms with Crippen LogP contribution in [0.5, 0.6) is 0 Å². The van der Waals surface area contributed by atoms with Gasteiger partial charge in [-0.05, 0) is 0 Å². The Morgan fingerprint density at radius 3 is 2.33 bits per heavy atom. The van der Waals surface area contributed by atoms with E-state index >= 15 is 0 Å². The van der Waals surface area contributed by atoms with E-state index in [1.807, 2.05) is 0 Å². The van der Waals surface area contributed by atoms with Crippen LogP contribution in [0.1, 0.15) is 29.5 Å². The molecule has 0 radical (unpaired) electrons. The Morgan fingerprint density at radius 2 is 1.80 bits per heavy atom. The second-order valence-electron chi connectivity index (χ2n) is 3.61. The van der Waals surface area contributed by atoms with Gasteiger partial charge in [0.25, 0.3) is 10.0 Å². The van der Waals surface area contributed by atoms with Crippen LogP contribution in [0.3, 0.4) is 0 Å². The fourth-order valence-electron chi connectivity index (χ4n) is 1.92. The largest absolute Gasteiger partial charge is 0.338 e.